The Morgan fingerprint density at radius 3 is 3.06 bits per heavy atom. The summed E-state index contributed by atoms with van der Waals surface area (Å²) in [5.74, 6) is 0.722. The number of hydrogen-bond donors (Lipinski definition) is 2. The van der Waals surface area contributed by atoms with Crippen LogP contribution in [0, 0.1) is 12.3 Å². The molecule has 1 unspecified atom stereocenters. The fourth-order valence-corrected chi connectivity index (χ4v) is 1.89. The summed E-state index contributed by atoms with van der Waals surface area (Å²) in [6, 6.07) is 3.81. The Morgan fingerprint density at radius 1 is 1.62 bits per heavy atom. The fraction of sp³-hybridized carbons (Fsp3) is 0.500. The van der Waals surface area contributed by atoms with Gasteiger partial charge in [0.15, 0.2) is 0 Å². The first-order valence-corrected chi connectivity index (χ1v) is 5.56. The molecule has 0 spiro atoms. The predicted octanol–water partition coefficient (Wildman–Crippen LogP) is 1.33. The lowest BCUT2D eigenvalue weighted by molar-refractivity contribution is -0.123. The Bertz CT molecular complexity index is 397. The van der Waals surface area contributed by atoms with E-state index >= 15 is 0 Å². The van der Waals surface area contributed by atoms with E-state index < -0.39 is 0 Å². The van der Waals surface area contributed by atoms with Crippen LogP contribution in [0.5, 0.6) is 0 Å². The third kappa shape index (κ3) is 2.07. The molecule has 1 aromatic rings. The Morgan fingerprint density at radius 2 is 2.44 bits per heavy atom. The fourth-order valence-electron chi connectivity index (χ4n) is 1.89. The zero-order valence-electron chi connectivity index (χ0n) is 9.71. The minimum absolute atomic E-state index is 0.0549. The SMILES string of the molecule is Cc1cccnc1NC(=O)C1(C)CCNC1. The Kier molecular flexibility index (Phi) is 2.92. The van der Waals surface area contributed by atoms with Crippen LogP contribution < -0.4 is 10.6 Å². The van der Waals surface area contributed by atoms with Gasteiger partial charge in [0.25, 0.3) is 0 Å². The van der Waals surface area contributed by atoms with Crippen molar-refractivity contribution in [2.45, 2.75) is 20.3 Å². The van der Waals surface area contributed by atoms with Crippen molar-refractivity contribution in [3.63, 3.8) is 0 Å². The van der Waals surface area contributed by atoms with E-state index in [1.807, 2.05) is 26.0 Å². The van der Waals surface area contributed by atoms with Crippen LogP contribution in [0.2, 0.25) is 0 Å². The molecule has 1 aromatic heterocycles. The number of aryl methyl sites for hydroxylation is 1. The summed E-state index contributed by atoms with van der Waals surface area (Å²) in [5, 5.41) is 6.12. The zero-order chi connectivity index (χ0) is 11.6. The number of anilines is 1. The Hall–Kier alpha value is -1.42. The van der Waals surface area contributed by atoms with Gasteiger partial charge in [0.05, 0.1) is 5.41 Å². The van der Waals surface area contributed by atoms with E-state index in [0.717, 1.165) is 25.1 Å². The van der Waals surface area contributed by atoms with Crippen molar-refractivity contribution in [3.8, 4) is 0 Å². The van der Waals surface area contributed by atoms with Gasteiger partial charge < -0.3 is 10.6 Å². The first-order valence-electron chi connectivity index (χ1n) is 5.56. The molecular formula is C12H17N3O. The van der Waals surface area contributed by atoms with Crippen molar-refractivity contribution in [2.75, 3.05) is 18.4 Å². The zero-order valence-corrected chi connectivity index (χ0v) is 9.71. The van der Waals surface area contributed by atoms with E-state index in [1.165, 1.54) is 0 Å². The summed E-state index contributed by atoms with van der Waals surface area (Å²) in [5.41, 5.74) is 0.689. The number of hydrogen-bond acceptors (Lipinski definition) is 3. The first-order chi connectivity index (χ1) is 7.62. The number of nitrogens with zero attached hydrogens (tertiary/aromatic N) is 1. The highest BCUT2D eigenvalue weighted by Gasteiger charge is 2.36. The topological polar surface area (TPSA) is 54.0 Å². The minimum Gasteiger partial charge on any atom is -0.316 e. The number of nitrogens with one attached hydrogen (secondary N) is 2. The summed E-state index contributed by atoms with van der Waals surface area (Å²) in [6.45, 7) is 5.58. The average Bonchev–Trinajstić information content (AvgIpc) is 2.70. The number of rotatable bonds is 2. The van der Waals surface area contributed by atoms with Crippen LogP contribution in [-0.2, 0) is 4.79 Å². The van der Waals surface area contributed by atoms with Gasteiger partial charge in [-0.2, -0.15) is 0 Å². The molecule has 4 nitrogen and oxygen atoms in total. The van der Waals surface area contributed by atoms with E-state index in [0.29, 0.717) is 5.82 Å². The monoisotopic (exact) mass is 219 g/mol. The Balaban J connectivity index is 2.10. The van der Waals surface area contributed by atoms with Gasteiger partial charge in [0, 0.05) is 12.7 Å². The molecule has 1 fully saturated rings. The number of pyridine rings is 1. The van der Waals surface area contributed by atoms with Crippen molar-refractivity contribution in [1.82, 2.24) is 10.3 Å². The number of amides is 1. The normalized spacial score (nSPS) is 24.4. The van der Waals surface area contributed by atoms with Crippen LogP contribution in [0.25, 0.3) is 0 Å². The number of aromatic nitrogens is 1. The molecule has 1 aliphatic rings. The van der Waals surface area contributed by atoms with E-state index in [1.54, 1.807) is 6.20 Å². The molecule has 0 aliphatic carbocycles. The second-order valence-corrected chi connectivity index (χ2v) is 4.61. The smallest absolute Gasteiger partial charge is 0.232 e. The molecule has 4 heteroatoms. The predicted molar refractivity (Wildman–Crippen MR) is 63.2 cm³/mol. The van der Waals surface area contributed by atoms with Crippen LogP contribution >= 0.6 is 0 Å². The van der Waals surface area contributed by atoms with Crippen molar-refractivity contribution < 1.29 is 4.79 Å². The minimum atomic E-state index is -0.302. The van der Waals surface area contributed by atoms with E-state index in [9.17, 15) is 4.79 Å². The summed E-state index contributed by atoms with van der Waals surface area (Å²) >= 11 is 0. The first kappa shape index (κ1) is 11.1. The molecule has 0 radical (unpaired) electrons. The van der Waals surface area contributed by atoms with Crippen molar-refractivity contribution in [1.29, 1.82) is 0 Å². The Labute approximate surface area is 95.5 Å². The highest BCUT2D eigenvalue weighted by Crippen LogP contribution is 2.26. The van der Waals surface area contributed by atoms with Gasteiger partial charge in [-0.25, -0.2) is 4.98 Å². The summed E-state index contributed by atoms with van der Waals surface area (Å²) in [7, 11) is 0. The molecule has 2 N–H and O–H groups in total. The van der Waals surface area contributed by atoms with E-state index in [2.05, 4.69) is 15.6 Å². The highest BCUT2D eigenvalue weighted by atomic mass is 16.2. The lowest BCUT2D eigenvalue weighted by atomic mass is 9.89. The van der Waals surface area contributed by atoms with Crippen LogP contribution in [0.3, 0.4) is 0 Å². The van der Waals surface area contributed by atoms with E-state index in [4.69, 9.17) is 0 Å². The molecule has 86 valence electrons. The molecule has 0 bridgehead atoms. The van der Waals surface area contributed by atoms with Crippen molar-refractivity contribution in [3.05, 3.63) is 23.9 Å². The largest absolute Gasteiger partial charge is 0.316 e. The maximum absolute atomic E-state index is 12.1. The van der Waals surface area contributed by atoms with Crippen LogP contribution in [-0.4, -0.2) is 24.0 Å². The summed E-state index contributed by atoms with van der Waals surface area (Å²) < 4.78 is 0. The molecule has 2 heterocycles. The average molecular weight is 219 g/mol. The standard InChI is InChI=1S/C12H17N3O/c1-9-4-3-6-14-10(9)15-11(16)12(2)5-7-13-8-12/h3-4,6,13H,5,7-8H2,1-2H3,(H,14,15,16). The van der Waals surface area contributed by atoms with Crippen LogP contribution in [0.4, 0.5) is 5.82 Å². The molecule has 1 saturated heterocycles. The molecule has 0 aromatic carbocycles. The number of carbonyl (C=O) groups is 1. The second kappa shape index (κ2) is 4.22. The van der Waals surface area contributed by atoms with Gasteiger partial charge in [0.2, 0.25) is 5.91 Å². The number of carbonyl (C=O) groups excluding carboxylic acids is 1. The highest BCUT2D eigenvalue weighted by molar-refractivity contribution is 5.95. The van der Waals surface area contributed by atoms with Crippen molar-refractivity contribution >= 4 is 11.7 Å². The van der Waals surface area contributed by atoms with Gasteiger partial charge >= 0.3 is 0 Å². The van der Waals surface area contributed by atoms with Crippen LogP contribution in [0.1, 0.15) is 18.9 Å². The third-order valence-corrected chi connectivity index (χ3v) is 3.16. The van der Waals surface area contributed by atoms with Gasteiger partial charge in [0.1, 0.15) is 5.82 Å². The molecule has 1 atom stereocenters. The van der Waals surface area contributed by atoms with Gasteiger partial charge in [-0.1, -0.05) is 6.07 Å². The summed E-state index contributed by atoms with van der Waals surface area (Å²) in [4.78, 5) is 16.3. The molecule has 16 heavy (non-hydrogen) atoms. The maximum atomic E-state index is 12.1. The summed E-state index contributed by atoms with van der Waals surface area (Å²) in [6.07, 6.45) is 2.57. The van der Waals surface area contributed by atoms with Crippen molar-refractivity contribution in [2.24, 2.45) is 5.41 Å². The molecule has 2 rings (SSSR count). The van der Waals surface area contributed by atoms with Gasteiger partial charge in [-0.15, -0.1) is 0 Å². The van der Waals surface area contributed by atoms with Crippen LogP contribution in [0.15, 0.2) is 18.3 Å². The lowest BCUT2D eigenvalue weighted by Gasteiger charge is -2.21. The maximum Gasteiger partial charge on any atom is 0.232 e. The van der Waals surface area contributed by atoms with Gasteiger partial charge in [-0.05, 0) is 38.4 Å². The molecule has 1 aliphatic heterocycles. The molecule has 0 saturated carbocycles. The second-order valence-electron chi connectivity index (χ2n) is 4.61. The van der Waals surface area contributed by atoms with Gasteiger partial charge in [-0.3, -0.25) is 4.79 Å². The molecular weight excluding hydrogens is 202 g/mol. The third-order valence-electron chi connectivity index (χ3n) is 3.16. The molecule has 1 amide bonds. The van der Waals surface area contributed by atoms with E-state index in [-0.39, 0.29) is 11.3 Å². The lowest BCUT2D eigenvalue weighted by Crippen LogP contribution is -2.35. The quantitative estimate of drug-likeness (QED) is 0.789.